The first kappa shape index (κ1) is 33.1. The predicted octanol–water partition coefficient (Wildman–Crippen LogP) is 6.35. The molecule has 0 heterocycles. The van der Waals surface area contributed by atoms with Crippen LogP contribution in [0.2, 0.25) is 0 Å². The van der Waals surface area contributed by atoms with E-state index in [1.54, 1.807) is 5.57 Å². The molecule has 186 valence electrons. The normalized spacial score (nSPS) is 13.8. The molecule has 0 amide bonds. The van der Waals surface area contributed by atoms with Gasteiger partial charge in [-0.3, -0.25) is 0 Å². The molecule has 0 unspecified atom stereocenters. The molecule has 1 nitrogen and oxygen atoms in total. The highest BCUT2D eigenvalue weighted by Gasteiger charge is 2.05. The van der Waals surface area contributed by atoms with Crippen molar-refractivity contribution in [3.05, 3.63) is 58.2 Å². The molecule has 0 saturated carbocycles. The topological polar surface area (TPSA) is 0 Å². The van der Waals surface area contributed by atoms with Gasteiger partial charge in [-0.05, 0) is 99.3 Å². The van der Waals surface area contributed by atoms with E-state index < -0.39 is 0 Å². The molecule has 0 aromatic carbocycles. The maximum Gasteiger partial charge on any atom is 0.0783 e. The lowest BCUT2D eigenvalue weighted by Crippen LogP contribution is -3.00. The first-order valence-corrected chi connectivity index (χ1v) is 12.6. The van der Waals surface area contributed by atoms with Crippen LogP contribution in [-0.4, -0.2) is 32.2 Å². The lowest BCUT2D eigenvalue weighted by Gasteiger charge is -2.23. The second-order valence-corrected chi connectivity index (χ2v) is 10.8. The van der Waals surface area contributed by atoms with E-state index in [0.717, 1.165) is 4.48 Å². The Morgan fingerprint density at radius 1 is 0.500 bits per heavy atom. The van der Waals surface area contributed by atoms with E-state index in [4.69, 9.17) is 0 Å². The van der Waals surface area contributed by atoms with Gasteiger partial charge in [0.2, 0.25) is 0 Å². The summed E-state index contributed by atoms with van der Waals surface area (Å²) in [4.78, 5) is 0. The van der Waals surface area contributed by atoms with Gasteiger partial charge >= 0.3 is 0 Å². The predicted molar refractivity (Wildman–Crippen MR) is 144 cm³/mol. The van der Waals surface area contributed by atoms with E-state index in [0.29, 0.717) is 0 Å². The minimum absolute atomic E-state index is 0. The Hall–Kier alpha value is -1.05. The molecule has 0 saturated heterocycles. The Labute approximate surface area is 208 Å². The van der Waals surface area contributed by atoms with E-state index in [2.05, 4.69) is 93.1 Å². The first-order valence-electron chi connectivity index (χ1n) is 12.6. The van der Waals surface area contributed by atoms with Crippen LogP contribution in [0.1, 0.15) is 106 Å². The van der Waals surface area contributed by atoms with Gasteiger partial charge in [-0.1, -0.05) is 58.2 Å². The zero-order chi connectivity index (χ0) is 23.7. The van der Waals surface area contributed by atoms with Crippen molar-refractivity contribution in [2.24, 2.45) is 0 Å². The molecule has 0 spiro atoms. The Kier molecular flexibility index (Phi) is 20.1. The average molecular weight is 464 g/mol. The third-order valence-electron chi connectivity index (χ3n) is 5.71. The highest BCUT2D eigenvalue weighted by molar-refractivity contribution is 5.07. The third-order valence-corrected chi connectivity index (χ3v) is 5.71. The fourth-order valence-corrected chi connectivity index (χ4v) is 3.58. The minimum atomic E-state index is 0. The van der Waals surface area contributed by atoms with Gasteiger partial charge in [-0.15, -0.1) is 0 Å². The highest BCUT2D eigenvalue weighted by Crippen LogP contribution is 2.14. The highest BCUT2D eigenvalue weighted by atomic mass is 35.5. The number of allylic oxidation sites excluding steroid dienone is 10. The summed E-state index contributed by atoms with van der Waals surface area (Å²) >= 11 is 0. The van der Waals surface area contributed by atoms with Crippen LogP contribution in [0, 0.1) is 0 Å². The third kappa shape index (κ3) is 23.6. The summed E-state index contributed by atoms with van der Waals surface area (Å²) < 4.78 is 1.07. The van der Waals surface area contributed by atoms with Crippen molar-refractivity contribution in [2.45, 2.75) is 106 Å². The molecule has 0 radical (unpaired) electrons. The molecule has 0 rings (SSSR count). The van der Waals surface area contributed by atoms with Crippen LogP contribution >= 0.6 is 0 Å². The Morgan fingerprint density at radius 3 is 1.22 bits per heavy atom. The van der Waals surface area contributed by atoms with Gasteiger partial charge in [0.05, 0.1) is 27.7 Å². The zero-order valence-electron chi connectivity index (χ0n) is 23.0. The fourth-order valence-electron chi connectivity index (χ4n) is 3.58. The molecule has 0 bridgehead atoms. The largest absolute Gasteiger partial charge is 1.00 e. The van der Waals surface area contributed by atoms with Crippen molar-refractivity contribution in [1.82, 2.24) is 0 Å². The first-order chi connectivity index (χ1) is 14.5. The monoisotopic (exact) mass is 463 g/mol. The van der Waals surface area contributed by atoms with Crippen LogP contribution in [0.4, 0.5) is 0 Å². The van der Waals surface area contributed by atoms with E-state index >= 15 is 0 Å². The summed E-state index contributed by atoms with van der Waals surface area (Å²) in [6, 6.07) is 0. The Morgan fingerprint density at radius 2 is 0.844 bits per heavy atom. The lowest BCUT2D eigenvalue weighted by atomic mass is 10.0. The molecule has 0 aliphatic heterocycles. The van der Waals surface area contributed by atoms with E-state index in [1.165, 1.54) is 93.0 Å². The van der Waals surface area contributed by atoms with Gasteiger partial charge in [0, 0.05) is 6.42 Å². The van der Waals surface area contributed by atoms with E-state index in [9.17, 15) is 0 Å². The SMILES string of the molecule is CC(C)=CCCC(C)=CCCC(C)=CCCC=C(C)CCC=C(C)CCC[N+](C)(C)C.[Cl-]. The number of unbranched alkanes of at least 4 members (excludes halogenated alkanes) is 1. The molecular weight excluding hydrogens is 410 g/mol. The standard InChI is InChI=1S/C30H54N.ClH/c1-26(2)16-12-19-29(5)22-13-20-27(3)17-10-11-18-28(4)21-14-23-30(6)24-15-25-31(7,8)9;/h16-18,22-23H,10-15,19-21,24-25H2,1-9H3;1H/q+1;/p-1. The molecule has 0 atom stereocenters. The van der Waals surface area contributed by atoms with Crippen LogP contribution in [0.3, 0.4) is 0 Å². The molecule has 0 aliphatic rings. The number of nitrogens with zero attached hydrogens (tertiary/aromatic N) is 1. The fraction of sp³-hybridized carbons (Fsp3) is 0.667. The van der Waals surface area contributed by atoms with Crippen molar-refractivity contribution >= 4 is 0 Å². The van der Waals surface area contributed by atoms with Gasteiger partial charge in [0.1, 0.15) is 0 Å². The number of hydrogen-bond acceptors (Lipinski definition) is 0. The number of hydrogen-bond donors (Lipinski definition) is 0. The van der Waals surface area contributed by atoms with Crippen LogP contribution in [0.25, 0.3) is 0 Å². The molecular formula is C30H54ClN. The van der Waals surface area contributed by atoms with E-state index in [1.807, 2.05) is 0 Å². The maximum absolute atomic E-state index is 2.45. The van der Waals surface area contributed by atoms with Crippen molar-refractivity contribution < 1.29 is 16.9 Å². The maximum atomic E-state index is 2.45. The molecule has 32 heavy (non-hydrogen) atoms. The van der Waals surface area contributed by atoms with Gasteiger partial charge in [0.15, 0.2) is 0 Å². The average Bonchev–Trinajstić information content (AvgIpc) is 2.64. The van der Waals surface area contributed by atoms with Crippen LogP contribution in [0.5, 0.6) is 0 Å². The van der Waals surface area contributed by atoms with Crippen LogP contribution in [-0.2, 0) is 0 Å². The zero-order valence-corrected chi connectivity index (χ0v) is 23.7. The van der Waals surface area contributed by atoms with Gasteiger partial charge in [-0.25, -0.2) is 0 Å². The lowest BCUT2D eigenvalue weighted by molar-refractivity contribution is -0.870. The van der Waals surface area contributed by atoms with Crippen molar-refractivity contribution in [2.75, 3.05) is 27.7 Å². The van der Waals surface area contributed by atoms with Crippen molar-refractivity contribution in [1.29, 1.82) is 0 Å². The molecule has 0 N–H and O–H groups in total. The molecule has 0 aromatic rings. The van der Waals surface area contributed by atoms with Gasteiger partial charge < -0.3 is 16.9 Å². The van der Waals surface area contributed by atoms with Crippen LogP contribution in [0.15, 0.2) is 58.2 Å². The Balaban J connectivity index is 0. The second kappa shape index (κ2) is 19.4. The number of quaternary nitrogens is 1. The van der Waals surface area contributed by atoms with Crippen LogP contribution < -0.4 is 12.4 Å². The smallest absolute Gasteiger partial charge is 0.0783 e. The molecule has 0 aromatic heterocycles. The van der Waals surface area contributed by atoms with Gasteiger partial charge in [0.25, 0.3) is 0 Å². The van der Waals surface area contributed by atoms with E-state index in [-0.39, 0.29) is 12.4 Å². The quantitative estimate of drug-likeness (QED) is 0.142. The second-order valence-electron chi connectivity index (χ2n) is 10.8. The summed E-state index contributed by atoms with van der Waals surface area (Å²) in [5, 5.41) is 0. The molecule has 0 aliphatic carbocycles. The number of halogens is 1. The number of rotatable bonds is 16. The van der Waals surface area contributed by atoms with Crippen molar-refractivity contribution in [3.8, 4) is 0 Å². The van der Waals surface area contributed by atoms with Crippen molar-refractivity contribution in [3.63, 3.8) is 0 Å². The molecule has 2 heteroatoms. The minimum Gasteiger partial charge on any atom is -1.00 e. The molecule has 0 fully saturated rings. The summed E-state index contributed by atoms with van der Waals surface area (Å²) in [7, 11) is 6.82. The summed E-state index contributed by atoms with van der Waals surface area (Å²) in [6.07, 6.45) is 24.1. The van der Waals surface area contributed by atoms with Gasteiger partial charge in [-0.2, -0.15) is 0 Å². The summed E-state index contributed by atoms with van der Waals surface area (Å²) in [6.45, 7) is 14.8. The summed E-state index contributed by atoms with van der Waals surface area (Å²) in [5.74, 6) is 0. The summed E-state index contributed by atoms with van der Waals surface area (Å²) in [5.41, 5.74) is 7.58. The Bertz CT molecular complexity index is 634.